The summed E-state index contributed by atoms with van der Waals surface area (Å²) in [6.07, 6.45) is 0. The molecule has 1 unspecified atom stereocenters. The van der Waals surface area contributed by atoms with Gasteiger partial charge in [0.15, 0.2) is 5.58 Å². The molecule has 196 valence electrons. The Morgan fingerprint density at radius 1 is 0.550 bits per heavy atom. The van der Waals surface area contributed by atoms with E-state index >= 15 is 0 Å². The monoisotopic (exact) mass is 539 g/mol. The summed E-state index contributed by atoms with van der Waals surface area (Å²) in [6.45, 7) is 4.57. The molecule has 0 bridgehead atoms. The third-order valence-corrected chi connectivity index (χ3v) is 8.69. The van der Waals surface area contributed by atoms with Gasteiger partial charge in [0.25, 0.3) is 0 Å². The van der Waals surface area contributed by atoms with Gasteiger partial charge in [-0.3, -0.25) is 0 Å². The number of benzene rings is 6. The number of rotatable bonds is 5. The summed E-state index contributed by atoms with van der Waals surface area (Å²) in [5.74, 6) is 0. The molecule has 0 fully saturated rings. The lowest BCUT2D eigenvalue weighted by atomic mass is 9.95. The van der Waals surface area contributed by atoms with Crippen LogP contribution in [-0.2, 0) is 0 Å². The highest BCUT2D eigenvalue weighted by atomic mass is 31.1. The van der Waals surface area contributed by atoms with Gasteiger partial charge in [-0.05, 0) is 58.7 Å². The average molecular weight is 540 g/mol. The zero-order valence-corrected chi connectivity index (χ0v) is 23.5. The Morgan fingerprint density at radius 2 is 1.10 bits per heavy atom. The predicted octanol–water partition coefficient (Wildman–Crippen LogP) is 11.0. The summed E-state index contributed by atoms with van der Waals surface area (Å²) in [7, 11) is -0.146. The van der Waals surface area contributed by atoms with Crippen molar-refractivity contribution in [3.8, 4) is 0 Å². The van der Waals surface area contributed by atoms with E-state index in [0.717, 1.165) is 38.4 Å². The van der Waals surface area contributed by atoms with Crippen molar-refractivity contribution < 1.29 is 8.39 Å². The summed E-state index contributed by atoms with van der Waals surface area (Å²) in [6, 6.07) is 45.3. The molecule has 0 saturated carbocycles. The third kappa shape index (κ3) is 4.15. The first-order valence-corrected chi connectivity index (χ1v) is 14.6. The van der Waals surface area contributed by atoms with Gasteiger partial charge >= 0.3 is 0 Å². The molecule has 0 aliphatic carbocycles. The van der Waals surface area contributed by atoms with Crippen LogP contribution in [0, 0.1) is 0 Å². The van der Waals surface area contributed by atoms with E-state index in [1.807, 2.05) is 0 Å². The average Bonchev–Trinajstić information content (AvgIpc) is 3.22. The quantitative estimate of drug-likeness (QED) is 0.218. The summed E-state index contributed by atoms with van der Waals surface area (Å²) in [5.41, 5.74) is 5.31. The van der Waals surface area contributed by atoms with Crippen LogP contribution in [0.1, 0.15) is 37.1 Å². The molecular formula is C36H30NO2P. The second kappa shape index (κ2) is 10.3. The van der Waals surface area contributed by atoms with Crippen LogP contribution in [-0.4, -0.2) is 0 Å². The fourth-order valence-electron chi connectivity index (χ4n) is 6.10. The molecule has 7 aromatic rings. The van der Waals surface area contributed by atoms with Crippen LogP contribution in [0.15, 0.2) is 136 Å². The Hall–Kier alpha value is -4.46. The van der Waals surface area contributed by atoms with Gasteiger partial charge in [0.2, 0.25) is 8.67 Å². The van der Waals surface area contributed by atoms with E-state index in [4.69, 9.17) is 8.39 Å². The molecule has 4 heteroatoms. The van der Waals surface area contributed by atoms with Gasteiger partial charge in [-0.1, -0.05) is 115 Å². The van der Waals surface area contributed by atoms with E-state index in [1.165, 1.54) is 21.9 Å². The molecule has 0 radical (unpaired) electrons. The van der Waals surface area contributed by atoms with E-state index in [-0.39, 0.29) is 20.8 Å². The molecule has 1 aromatic heterocycles. The van der Waals surface area contributed by atoms with E-state index in [0.29, 0.717) is 0 Å². The molecule has 7 rings (SSSR count). The van der Waals surface area contributed by atoms with Crippen LogP contribution in [0.5, 0.6) is 0 Å². The lowest BCUT2D eigenvalue weighted by molar-refractivity contribution is 0.582. The fraction of sp³-hybridized carbons (Fsp3) is 0.111. The molecule has 0 aliphatic heterocycles. The molecule has 6 aromatic carbocycles. The number of hydrogen-bond acceptors (Lipinski definition) is 3. The first kappa shape index (κ1) is 24.6. The van der Waals surface area contributed by atoms with E-state index in [1.54, 1.807) is 0 Å². The minimum absolute atomic E-state index is 0.0877. The Kier molecular flexibility index (Phi) is 6.30. The van der Waals surface area contributed by atoms with Crippen LogP contribution in [0.3, 0.4) is 0 Å². The zero-order valence-electron chi connectivity index (χ0n) is 22.5. The van der Waals surface area contributed by atoms with Gasteiger partial charge in [0.05, 0.1) is 17.8 Å². The van der Waals surface area contributed by atoms with Crippen molar-refractivity contribution in [1.82, 2.24) is 0 Å². The Balaban J connectivity index is 1.63. The molecular weight excluding hydrogens is 509 g/mol. The number of nitrogens with zero attached hydrogens (tertiary/aromatic N) is 1. The van der Waals surface area contributed by atoms with Gasteiger partial charge < -0.3 is 13.3 Å². The van der Waals surface area contributed by atoms with Crippen molar-refractivity contribution in [2.75, 3.05) is 4.90 Å². The maximum absolute atomic E-state index is 6.64. The smallest absolute Gasteiger partial charge is 0.201 e. The van der Waals surface area contributed by atoms with E-state index < -0.39 is 0 Å². The Bertz CT molecular complexity index is 1960. The first-order chi connectivity index (χ1) is 19.7. The van der Waals surface area contributed by atoms with Gasteiger partial charge in [-0.2, -0.15) is 0 Å². The summed E-state index contributed by atoms with van der Waals surface area (Å²) in [5, 5.41) is 6.87. The lowest BCUT2D eigenvalue weighted by Gasteiger charge is -2.37. The molecule has 0 amide bonds. The molecule has 3 nitrogen and oxygen atoms in total. The largest absolute Gasteiger partial charge is 0.421 e. The fourth-order valence-corrected chi connectivity index (χ4v) is 6.69. The maximum Gasteiger partial charge on any atom is 0.201 e. The normalized spacial score (nSPS) is 13.2. The molecule has 1 heterocycles. The Morgan fingerprint density at radius 3 is 1.75 bits per heavy atom. The summed E-state index contributed by atoms with van der Waals surface area (Å²) >= 11 is 0. The summed E-state index contributed by atoms with van der Waals surface area (Å²) < 4.78 is 12.9. The van der Waals surface area contributed by atoms with Crippen LogP contribution in [0.4, 0.5) is 5.69 Å². The van der Waals surface area contributed by atoms with Crippen LogP contribution >= 0.6 is 8.67 Å². The van der Waals surface area contributed by atoms with Crippen molar-refractivity contribution >= 4 is 57.8 Å². The van der Waals surface area contributed by atoms with E-state index in [9.17, 15) is 0 Å². The number of anilines is 1. The minimum atomic E-state index is -0.146. The molecule has 0 N–H and O–H groups in total. The van der Waals surface area contributed by atoms with Gasteiger partial charge in [0.1, 0.15) is 5.58 Å². The molecule has 0 aliphatic rings. The minimum Gasteiger partial charge on any atom is -0.421 e. The van der Waals surface area contributed by atoms with Crippen molar-refractivity contribution in [2.24, 2.45) is 0 Å². The van der Waals surface area contributed by atoms with Crippen LogP contribution in [0.25, 0.3) is 43.5 Å². The number of hydrogen-bond donors (Lipinski definition) is 0. The highest BCUT2D eigenvalue weighted by molar-refractivity contribution is 7.15. The van der Waals surface area contributed by atoms with E-state index in [2.05, 4.69) is 146 Å². The predicted molar refractivity (Wildman–Crippen MR) is 170 cm³/mol. The first-order valence-electron chi connectivity index (χ1n) is 13.8. The molecule has 0 spiro atoms. The zero-order chi connectivity index (χ0) is 27.1. The van der Waals surface area contributed by atoms with Crippen LogP contribution < -0.4 is 4.90 Å². The second-order valence-corrected chi connectivity index (χ2v) is 10.9. The van der Waals surface area contributed by atoms with Crippen molar-refractivity contribution in [3.05, 3.63) is 139 Å². The van der Waals surface area contributed by atoms with Gasteiger partial charge in [-0.25, -0.2) is 0 Å². The van der Waals surface area contributed by atoms with Crippen molar-refractivity contribution in [3.63, 3.8) is 0 Å². The molecule has 3 atom stereocenters. The van der Waals surface area contributed by atoms with Crippen molar-refractivity contribution in [2.45, 2.75) is 25.9 Å². The summed E-state index contributed by atoms with van der Waals surface area (Å²) in [4.78, 5) is 2.51. The standard InChI is InChI=1S/C36H30NO2P/c1-24(26-13-5-3-6-14-26)37(25(2)27-15-7-4-8-16-27)32-23-29-18-10-12-20-31(29)35-34-30-19-11-9-17-28(30)21-22-33(34)38-40-39-36(32)35/h3-25,40H,1-2H3/t24-,25-/m1/s1. The maximum atomic E-state index is 6.64. The second-order valence-electron chi connectivity index (χ2n) is 10.3. The van der Waals surface area contributed by atoms with Gasteiger partial charge in [-0.15, -0.1) is 0 Å². The number of fused-ring (bicyclic) bond motifs is 7. The SMILES string of the molecule is C[C@H](c1ccccc1)N(c1cc2ccccc2c2c1o[pH]oc1ccc3ccccc3c12)[C@H](C)c1ccccc1. The molecule has 0 saturated heterocycles. The third-order valence-electron chi connectivity index (χ3n) is 8.09. The topological polar surface area (TPSA) is 29.5 Å². The molecule has 40 heavy (non-hydrogen) atoms. The van der Waals surface area contributed by atoms with Gasteiger partial charge in [0, 0.05) is 10.8 Å². The lowest BCUT2D eigenvalue weighted by Crippen LogP contribution is -2.30. The van der Waals surface area contributed by atoms with Crippen molar-refractivity contribution in [1.29, 1.82) is 0 Å². The highest BCUT2D eigenvalue weighted by Crippen LogP contribution is 2.45. The highest BCUT2D eigenvalue weighted by Gasteiger charge is 2.27. The Labute approximate surface area is 235 Å². The van der Waals surface area contributed by atoms with Crippen LogP contribution in [0.2, 0.25) is 0 Å².